The Morgan fingerprint density at radius 3 is 2.82 bits per heavy atom. The molecular weight excluding hydrogens is 228 g/mol. The van der Waals surface area contributed by atoms with Crippen LogP contribution >= 0.6 is 0 Å². The second-order valence-corrected chi connectivity index (χ2v) is 4.37. The highest BCUT2D eigenvalue weighted by Gasteiger charge is 2.27. The number of carbonyl (C=O) groups is 2. The molecule has 98 valence electrons. The molecule has 1 saturated heterocycles. The van der Waals surface area contributed by atoms with E-state index in [2.05, 4.69) is 10.6 Å². The maximum Gasteiger partial charge on any atom is 0.306 e. The molecule has 0 aromatic heterocycles. The van der Waals surface area contributed by atoms with Gasteiger partial charge in [-0.05, 0) is 6.92 Å². The van der Waals surface area contributed by atoms with Crippen molar-refractivity contribution < 1.29 is 24.5 Å². The Labute approximate surface area is 99.1 Å². The number of carboxylic acids is 1. The first-order valence-corrected chi connectivity index (χ1v) is 5.44. The van der Waals surface area contributed by atoms with Crippen LogP contribution in [0.5, 0.6) is 0 Å². The molecular formula is C10H18N2O5. The lowest BCUT2D eigenvalue weighted by Gasteiger charge is -2.26. The monoisotopic (exact) mass is 246 g/mol. The van der Waals surface area contributed by atoms with Gasteiger partial charge in [0.25, 0.3) is 0 Å². The number of ether oxygens (including phenoxy) is 1. The van der Waals surface area contributed by atoms with E-state index in [0.717, 1.165) is 0 Å². The van der Waals surface area contributed by atoms with Crippen LogP contribution in [0.1, 0.15) is 13.3 Å². The molecule has 0 aliphatic carbocycles. The van der Waals surface area contributed by atoms with E-state index in [0.29, 0.717) is 13.2 Å². The lowest BCUT2D eigenvalue weighted by Crippen LogP contribution is -2.53. The first-order chi connectivity index (χ1) is 7.91. The molecule has 0 spiro atoms. The lowest BCUT2D eigenvalue weighted by molar-refractivity contribution is -0.142. The zero-order valence-corrected chi connectivity index (χ0v) is 9.73. The number of aliphatic hydroxyl groups is 1. The Morgan fingerprint density at radius 1 is 1.59 bits per heavy atom. The van der Waals surface area contributed by atoms with Gasteiger partial charge in [-0.25, -0.2) is 0 Å². The number of nitrogens with one attached hydrogen (secondary N) is 2. The maximum atomic E-state index is 11.6. The van der Waals surface area contributed by atoms with Crippen molar-refractivity contribution in [2.75, 3.05) is 26.3 Å². The molecule has 0 aromatic rings. The highest BCUT2D eigenvalue weighted by molar-refractivity contribution is 5.82. The van der Waals surface area contributed by atoms with Gasteiger partial charge in [0, 0.05) is 13.1 Å². The van der Waals surface area contributed by atoms with Crippen LogP contribution in [-0.2, 0) is 14.3 Å². The van der Waals surface area contributed by atoms with E-state index in [-0.39, 0.29) is 19.1 Å². The molecule has 1 rings (SSSR count). The summed E-state index contributed by atoms with van der Waals surface area (Å²) in [4.78, 5) is 22.1. The van der Waals surface area contributed by atoms with E-state index in [1.165, 1.54) is 6.92 Å². The van der Waals surface area contributed by atoms with Crippen LogP contribution in [0.15, 0.2) is 0 Å². The van der Waals surface area contributed by atoms with Crippen molar-refractivity contribution >= 4 is 11.9 Å². The molecule has 0 aromatic carbocycles. The predicted octanol–water partition coefficient (Wildman–Crippen LogP) is -1.68. The second-order valence-electron chi connectivity index (χ2n) is 4.37. The standard InChI is InChI=1S/C10H18N2O5/c1-10(16,4-8(13)14)6-12-9(15)7-5-17-3-2-11-7/h7,11,16H,2-6H2,1H3,(H,12,15)(H,13,14). The molecule has 2 atom stereocenters. The third-order valence-electron chi connectivity index (χ3n) is 2.41. The zero-order valence-electron chi connectivity index (χ0n) is 9.73. The number of carboxylic acid groups (broad SMARTS) is 1. The third kappa shape index (κ3) is 5.12. The second kappa shape index (κ2) is 5.95. The van der Waals surface area contributed by atoms with Gasteiger partial charge in [0.1, 0.15) is 6.04 Å². The smallest absolute Gasteiger partial charge is 0.306 e. The summed E-state index contributed by atoms with van der Waals surface area (Å²) in [6.45, 7) is 2.72. The molecule has 7 heteroatoms. The molecule has 1 aliphatic rings. The Bertz CT molecular complexity index is 286. The number of carbonyl (C=O) groups excluding carboxylic acids is 1. The number of aliphatic carboxylic acids is 1. The van der Waals surface area contributed by atoms with Crippen molar-refractivity contribution in [3.8, 4) is 0 Å². The number of hydrogen-bond donors (Lipinski definition) is 4. The van der Waals surface area contributed by atoms with E-state index in [9.17, 15) is 14.7 Å². The molecule has 0 radical (unpaired) electrons. The zero-order chi connectivity index (χ0) is 12.9. The van der Waals surface area contributed by atoms with Gasteiger partial charge in [0.05, 0.1) is 25.2 Å². The normalized spacial score (nSPS) is 23.8. The number of morpholine rings is 1. The van der Waals surface area contributed by atoms with Crippen molar-refractivity contribution in [3.63, 3.8) is 0 Å². The number of hydrogen-bond acceptors (Lipinski definition) is 5. The van der Waals surface area contributed by atoms with Crippen LogP contribution in [0, 0.1) is 0 Å². The van der Waals surface area contributed by atoms with E-state index < -0.39 is 24.0 Å². The Morgan fingerprint density at radius 2 is 2.29 bits per heavy atom. The van der Waals surface area contributed by atoms with Gasteiger partial charge in [0.2, 0.25) is 5.91 Å². The largest absolute Gasteiger partial charge is 0.481 e. The summed E-state index contributed by atoms with van der Waals surface area (Å²) >= 11 is 0. The van der Waals surface area contributed by atoms with Gasteiger partial charge in [-0.1, -0.05) is 0 Å². The molecule has 17 heavy (non-hydrogen) atoms. The van der Waals surface area contributed by atoms with Gasteiger partial charge in [-0.15, -0.1) is 0 Å². The highest BCUT2D eigenvalue weighted by atomic mass is 16.5. The van der Waals surface area contributed by atoms with Crippen LogP contribution in [0.3, 0.4) is 0 Å². The lowest BCUT2D eigenvalue weighted by atomic mass is 10.0. The molecule has 1 fully saturated rings. The quantitative estimate of drug-likeness (QED) is 0.461. The van der Waals surface area contributed by atoms with Gasteiger partial charge in [0.15, 0.2) is 0 Å². The van der Waals surface area contributed by atoms with Crippen molar-refractivity contribution in [1.82, 2.24) is 10.6 Å². The predicted molar refractivity (Wildman–Crippen MR) is 58.5 cm³/mol. The van der Waals surface area contributed by atoms with Crippen LogP contribution in [0.4, 0.5) is 0 Å². The number of rotatable bonds is 5. The van der Waals surface area contributed by atoms with Crippen molar-refractivity contribution in [1.29, 1.82) is 0 Å². The summed E-state index contributed by atoms with van der Waals surface area (Å²) < 4.78 is 5.12. The molecule has 0 saturated carbocycles. The van der Waals surface area contributed by atoms with Crippen LogP contribution in [-0.4, -0.2) is 60.0 Å². The summed E-state index contributed by atoms with van der Waals surface area (Å²) in [7, 11) is 0. The average Bonchev–Trinajstić information content (AvgIpc) is 2.25. The summed E-state index contributed by atoms with van der Waals surface area (Å²) in [5.74, 6) is -1.40. The van der Waals surface area contributed by atoms with Crippen LogP contribution < -0.4 is 10.6 Å². The number of amides is 1. The maximum absolute atomic E-state index is 11.6. The minimum atomic E-state index is -1.45. The van der Waals surface area contributed by atoms with Gasteiger partial charge >= 0.3 is 5.97 Å². The highest BCUT2D eigenvalue weighted by Crippen LogP contribution is 2.07. The minimum absolute atomic E-state index is 0.101. The van der Waals surface area contributed by atoms with E-state index in [1.54, 1.807) is 0 Å². The Balaban J connectivity index is 2.33. The summed E-state index contributed by atoms with van der Waals surface area (Å²) in [6.07, 6.45) is -0.415. The topological polar surface area (TPSA) is 108 Å². The summed E-state index contributed by atoms with van der Waals surface area (Å²) in [5.41, 5.74) is -1.45. The van der Waals surface area contributed by atoms with Crippen molar-refractivity contribution in [3.05, 3.63) is 0 Å². The van der Waals surface area contributed by atoms with E-state index in [4.69, 9.17) is 9.84 Å². The van der Waals surface area contributed by atoms with Crippen molar-refractivity contribution in [2.45, 2.75) is 25.0 Å². The summed E-state index contributed by atoms with van der Waals surface area (Å²) in [6, 6.07) is -0.440. The third-order valence-corrected chi connectivity index (χ3v) is 2.41. The van der Waals surface area contributed by atoms with Gasteiger partial charge < -0.3 is 25.6 Å². The Hall–Kier alpha value is -1.18. The SMILES string of the molecule is CC(O)(CNC(=O)C1COCCN1)CC(=O)O. The van der Waals surface area contributed by atoms with E-state index >= 15 is 0 Å². The fourth-order valence-corrected chi connectivity index (χ4v) is 1.52. The van der Waals surface area contributed by atoms with Crippen LogP contribution in [0.2, 0.25) is 0 Å². The molecule has 4 N–H and O–H groups in total. The van der Waals surface area contributed by atoms with Crippen LogP contribution in [0.25, 0.3) is 0 Å². The first-order valence-electron chi connectivity index (χ1n) is 5.44. The molecule has 2 unspecified atom stereocenters. The van der Waals surface area contributed by atoms with E-state index in [1.807, 2.05) is 0 Å². The fourth-order valence-electron chi connectivity index (χ4n) is 1.52. The molecule has 0 bridgehead atoms. The van der Waals surface area contributed by atoms with Crippen molar-refractivity contribution in [2.24, 2.45) is 0 Å². The summed E-state index contributed by atoms with van der Waals surface area (Å²) in [5, 5.41) is 23.7. The minimum Gasteiger partial charge on any atom is -0.481 e. The van der Waals surface area contributed by atoms with Gasteiger partial charge in [-0.3, -0.25) is 9.59 Å². The Kier molecular flexibility index (Phi) is 4.86. The fraction of sp³-hybridized carbons (Fsp3) is 0.800. The molecule has 7 nitrogen and oxygen atoms in total. The molecule has 1 aliphatic heterocycles. The molecule has 1 heterocycles. The average molecular weight is 246 g/mol. The molecule has 1 amide bonds. The van der Waals surface area contributed by atoms with Gasteiger partial charge in [-0.2, -0.15) is 0 Å². The first kappa shape index (κ1) is 13.9.